The van der Waals surface area contributed by atoms with Gasteiger partial charge in [-0.3, -0.25) is 4.90 Å². The van der Waals surface area contributed by atoms with Crippen LogP contribution < -0.4 is 9.47 Å². The molecule has 0 aliphatic carbocycles. The molecule has 4 heteroatoms. The number of benzene rings is 1. The first kappa shape index (κ1) is 14.0. The Morgan fingerprint density at radius 2 is 2.05 bits per heavy atom. The minimum absolute atomic E-state index is 0.501. The third-order valence-electron chi connectivity index (χ3n) is 4.05. The van der Waals surface area contributed by atoms with Gasteiger partial charge in [-0.2, -0.15) is 0 Å². The Bertz CT molecular complexity index is 554. The lowest BCUT2D eigenvalue weighted by Crippen LogP contribution is -2.28. The smallest absolute Gasteiger partial charge is 0.161 e. The molecule has 112 valence electrons. The predicted octanol–water partition coefficient (Wildman–Crippen LogP) is 3.24. The summed E-state index contributed by atoms with van der Waals surface area (Å²) in [7, 11) is 1.67. The van der Waals surface area contributed by atoms with Crippen molar-refractivity contribution in [3.8, 4) is 11.5 Å². The summed E-state index contributed by atoms with van der Waals surface area (Å²) in [5.74, 6) is 1.61. The van der Waals surface area contributed by atoms with Gasteiger partial charge < -0.3 is 14.5 Å². The maximum Gasteiger partial charge on any atom is 0.161 e. The number of methoxy groups -OCH3 is 1. The molecule has 0 radical (unpaired) electrons. The summed E-state index contributed by atoms with van der Waals surface area (Å²) in [6.07, 6.45) is 4.46. The Morgan fingerprint density at radius 3 is 2.81 bits per heavy atom. The summed E-state index contributed by atoms with van der Waals surface area (Å²) in [6.45, 7) is 2.75. The van der Waals surface area contributed by atoms with E-state index in [9.17, 15) is 0 Å². The molecule has 0 saturated carbocycles. The summed E-state index contributed by atoms with van der Waals surface area (Å²) in [6, 6.07) is 12.5. The van der Waals surface area contributed by atoms with Crippen molar-refractivity contribution in [1.82, 2.24) is 9.88 Å². The lowest BCUT2D eigenvalue weighted by molar-refractivity contribution is 0.192. The molecule has 4 nitrogen and oxygen atoms in total. The summed E-state index contributed by atoms with van der Waals surface area (Å²) >= 11 is 0. The van der Waals surface area contributed by atoms with Crippen LogP contribution in [0.3, 0.4) is 0 Å². The summed E-state index contributed by atoms with van der Waals surface area (Å²) in [5, 5.41) is 0. The van der Waals surface area contributed by atoms with Crippen molar-refractivity contribution in [2.45, 2.75) is 18.9 Å². The van der Waals surface area contributed by atoms with Gasteiger partial charge in [0, 0.05) is 24.5 Å². The molecule has 1 aromatic heterocycles. The third kappa shape index (κ3) is 3.22. The highest BCUT2D eigenvalue weighted by atomic mass is 16.5. The Labute approximate surface area is 125 Å². The van der Waals surface area contributed by atoms with E-state index >= 15 is 0 Å². The second-order valence-corrected chi connectivity index (χ2v) is 5.32. The SMILES string of the molecule is COc1ccccc1OCCN1CCC[C@@H]1c1ccc[nH]1. The first-order valence-corrected chi connectivity index (χ1v) is 7.51. The number of likely N-dealkylation sites (tertiary alicyclic amines) is 1. The van der Waals surface area contributed by atoms with Crippen molar-refractivity contribution < 1.29 is 9.47 Å². The van der Waals surface area contributed by atoms with Gasteiger partial charge in [0.1, 0.15) is 6.61 Å². The van der Waals surface area contributed by atoms with Crippen molar-refractivity contribution >= 4 is 0 Å². The number of rotatable bonds is 6. The van der Waals surface area contributed by atoms with Gasteiger partial charge in [0.15, 0.2) is 11.5 Å². The van der Waals surface area contributed by atoms with Crippen LogP contribution in [-0.2, 0) is 0 Å². The standard InChI is InChI=1S/C17H22N2O2/c1-20-16-8-2-3-9-17(16)21-13-12-19-11-5-7-15(19)14-6-4-10-18-14/h2-4,6,8-10,15,18H,5,7,11-13H2,1H3/t15-/m1/s1. The molecule has 1 atom stereocenters. The molecule has 3 rings (SSSR count). The Balaban J connectivity index is 1.55. The fraction of sp³-hybridized carbons (Fsp3) is 0.412. The van der Waals surface area contributed by atoms with Gasteiger partial charge in [-0.05, 0) is 43.7 Å². The number of H-pyrrole nitrogens is 1. The molecule has 0 unspecified atom stereocenters. The molecule has 1 N–H and O–H groups in total. The van der Waals surface area contributed by atoms with Crippen LogP contribution >= 0.6 is 0 Å². The van der Waals surface area contributed by atoms with E-state index in [-0.39, 0.29) is 0 Å². The van der Waals surface area contributed by atoms with E-state index in [1.54, 1.807) is 7.11 Å². The van der Waals surface area contributed by atoms with E-state index < -0.39 is 0 Å². The number of aromatic amines is 1. The molecular formula is C17H22N2O2. The molecule has 1 fully saturated rings. The van der Waals surface area contributed by atoms with Crippen LogP contribution in [0.15, 0.2) is 42.6 Å². The van der Waals surface area contributed by atoms with Crippen LogP contribution in [0.4, 0.5) is 0 Å². The van der Waals surface area contributed by atoms with Gasteiger partial charge >= 0.3 is 0 Å². The van der Waals surface area contributed by atoms with Gasteiger partial charge in [0.05, 0.1) is 7.11 Å². The normalized spacial score (nSPS) is 18.8. The molecule has 1 saturated heterocycles. The largest absolute Gasteiger partial charge is 0.493 e. The highest BCUT2D eigenvalue weighted by Crippen LogP contribution is 2.31. The second kappa shape index (κ2) is 6.68. The van der Waals surface area contributed by atoms with Crippen LogP contribution in [-0.4, -0.2) is 36.7 Å². The number of ether oxygens (including phenoxy) is 2. The molecule has 1 aromatic carbocycles. The van der Waals surface area contributed by atoms with Crippen LogP contribution in [0.5, 0.6) is 11.5 Å². The van der Waals surface area contributed by atoms with Gasteiger partial charge in [-0.15, -0.1) is 0 Å². The van der Waals surface area contributed by atoms with Crippen LogP contribution in [0.25, 0.3) is 0 Å². The molecule has 0 bridgehead atoms. The summed E-state index contributed by atoms with van der Waals surface area (Å²) in [4.78, 5) is 5.82. The first-order valence-electron chi connectivity index (χ1n) is 7.51. The number of aromatic nitrogens is 1. The number of para-hydroxylation sites is 2. The Morgan fingerprint density at radius 1 is 1.19 bits per heavy atom. The molecular weight excluding hydrogens is 264 g/mol. The molecule has 21 heavy (non-hydrogen) atoms. The molecule has 2 heterocycles. The van der Waals surface area contributed by atoms with Gasteiger partial charge in [-0.1, -0.05) is 12.1 Å². The van der Waals surface area contributed by atoms with Crippen molar-refractivity contribution in [3.05, 3.63) is 48.3 Å². The quantitative estimate of drug-likeness (QED) is 0.886. The molecule has 2 aromatic rings. The van der Waals surface area contributed by atoms with Gasteiger partial charge in [-0.25, -0.2) is 0 Å². The van der Waals surface area contributed by atoms with Crippen molar-refractivity contribution in [2.75, 3.05) is 26.8 Å². The summed E-state index contributed by atoms with van der Waals surface area (Å²) < 4.78 is 11.2. The molecule has 0 amide bonds. The van der Waals surface area contributed by atoms with Crippen LogP contribution in [0, 0.1) is 0 Å². The van der Waals surface area contributed by atoms with Gasteiger partial charge in [0.25, 0.3) is 0 Å². The van der Waals surface area contributed by atoms with E-state index in [1.165, 1.54) is 18.5 Å². The van der Waals surface area contributed by atoms with Crippen LogP contribution in [0.2, 0.25) is 0 Å². The Hall–Kier alpha value is -1.94. The number of hydrogen-bond donors (Lipinski definition) is 1. The lowest BCUT2D eigenvalue weighted by atomic mass is 10.1. The molecule has 1 aliphatic rings. The zero-order chi connectivity index (χ0) is 14.5. The first-order chi connectivity index (χ1) is 10.4. The van der Waals surface area contributed by atoms with Crippen molar-refractivity contribution in [2.24, 2.45) is 0 Å². The molecule has 0 spiro atoms. The zero-order valence-electron chi connectivity index (χ0n) is 12.4. The van der Waals surface area contributed by atoms with Crippen molar-refractivity contribution in [1.29, 1.82) is 0 Å². The average Bonchev–Trinajstić information content (AvgIpc) is 3.18. The summed E-state index contributed by atoms with van der Waals surface area (Å²) in [5.41, 5.74) is 1.31. The van der Waals surface area contributed by atoms with E-state index in [1.807, 2.05) is 30.5 Å². The maximum atomic E-state index is 5.88. The zero-order valence-corrected chi connectivity index (χ0v) is 12.4. The topological polar surface area (TPSA) is 37.5 Å². The monoisotopic (exact) mass is 286 g/mol. The Kier molecular flexibility index (Phi) is 4.46. The van der Waals surface area contributed by atoms with E-state index in [0.717, 1.165) is 24.6 Å². The fourth-order valence-corrected chi connectivity index (χ4v) is 3.01. The van der Waals surface area contributed by atoms with Crippen LogP contribution in [0.1, 0.15) is 24.6 Å². The minimum Gasteiger partial charge on any atom is -0.493 e. The number of hydrogen-bond acceptors (Lipinski definition) is 3. The molecule has 1 aliphatic heterocycles. The van der Waals surface area contributed by atoms with Crippen molar-refractivity contribution in [3.63, 3.8) is 0 Å². The third-order valence-corrected chi connectivity index (χ3v) is 4.05. The highest BCUT2D eigenvalue weighted by molar-refractivity contribution is 5.39. The number of nitrogens with one attached hydrogen (secondary N) is 1. The fourth-order valence-electron chi connectivity index (χ4n) is 3.01. The second-order valence-electron chi connectivity index (χ2n) is 5.32. The van der Waals surface area contributed by atoms with Gasteiger partial charge in [0.2, 0.25) is 0 Å². The maximum absolute atomic E-state index is 5.88. The van der Waals surface area contributed by atoms with E-state index in [2.05, 4.69) is 22.0 Å². The highest BCUT2D eigenvalue weighted by Gasteiger charge is 2.26. The number of nitrogens with zero attached hydrogens (tertiary/aromatic N) is 1. The minimum atomic E-state index is 0.501. The lowest BCUT2D eigenvalue weighted by Gasteiger charge is -2.23. The predicted molar refractivity (Wildman–Crippen MR) is 82.8 cm³/mol. The van der Waals surface area contributed by atoms with E-state index in [0.29, 0.717) is 12.6 Å². The average molecular weight is 286 g/mol. The van der Waals surface area contributed by atoms with E-state index in [4.69, 9.17) is 9.47 Å².